The Morgan fingerprint density at radius 3 is 2.40 bits per heavy atom. The minimum Gasteiger partial charge on any atom is -0.359 e. The number of hydrogen-bond acceptors (Lipinski definition) is 1. The van der Waals surface area contributed by atoms with E-state index in [0.29, 0.717) is 11.7 Å². The van der Waals surface area contributed by atoms with Gasteiger partial charge in [-0.3, -0.25) is 0 Å². The van der Waals surface area contributed by atoms with E-state index in [1.807, 2.05) is 30.5 Å². The zero-order chi connectivity index (χ0) is 21.5. The minimum atomic E-state index is -4.42. The molecule has 1 aliphatic rings. The van der Waals surface area contributed by atoms with Crippen LogP contribution in [-0.2, 0) is 6.18 Å². The molecule has 0 spiro atoms. The number of nitrogens with zero attached hydrogens (tertiary/aromatic N) is 1. The number of carbonyl (C=O) groups excluding carboxylic acids is 1. The maximum Gasteiger partial charge on any atom is 0.416 e. The lowest BCUT2D eigenvalue weighted by atomic mass is 10.0. The molecule has 3 aromatic rings. The maximum absolute atomic E-state index is 12.7. The summed E-state index contributed by atoms with van der Waals surface area (Å²) in [6.07, 6.45) is 1.33. The number of nitrogens with one attached hydrogen (secondary N) is 3. The van der Waals surface area contributed by atoms with Crippen molar-refractivity contribution in [2.45, 2.75) is 26.1 Å². The van der Waals surface area contributed by atoms with Crippen molar-refractivity contribution < 1.29 is 22.5 Å². The molecule has 0 aliphatic carbocycles. The Labute approximate surface area is 170 Å². The van der Waals surface area contributed by atoms with Crippen LogP contribution in [0.1, 0.15) is 25.0 Å². The molecule has 2 amide bonds. The Hall–Kier alpha value is -3.55. The van der Waals surface area contributed by atoms with Crippen molar-refractivity contribution in [2.24, 2.45) is 0 Å². The number of anilines is 2. The molecular formula is C22H20F3N4O+. The SMILES string of the molecule is CC(C)[N+]1=C(c2ccc3[nH]cc(NC(=O)Nc4ccc(C(F)(F)F)cc4)c3c2)C=C1. The van der Waals surface area contributed by atoms with E-state index in [1.165, 1.54) is 12.1 Å². The zero-order valence-electron chi connectivity index (χ0n) is 16.3. The Kier molecular flexibility index (Phi) is 4.85. The molecule has 0 atom stereocenters. The van der Waals surface area contributed by atoms with Crippen molar-refractivity contribution in [2.75, 3.05) is 10.6 Å². The van der Waals surface area contributed by atoms with E-state index >= 15 is 0 Å². The fourth-order valence-corrected chi connectivity index (χ4v) is 3.34. The van der Waals surface area contributed by atoms with Crippen LogP contribution in [0.4, 0.5) is 29.3 Å². The maximum atomic E-state index is 12.7. The largest absolute Gasteiger partial charge is 0.416 e. The van der Waals surface area contributed by atoms with Crippen molar-refractivity contribution in [1.29, 1.82) is 0 Å². The van der Waals surface area contributed by atoms with Gasteiger partial charge in [-0.2, -0.15) is 17.7 Å². The van der Waals surface area contributed by atoms with Crippen LogP contribution >= 0.6 is 0 Å². The highest BCUT2D eigenvalue weighted by atomic mass is 19.4. The van der Waals surface area contributed by atoms with Crippen molar-refractivity contribution in [3.63, 3.8) is 0 Å². The third kappa shape index (κ3) is 3.80. The van der Waals surface area contributed by atoms with Crippen molar-refractivity contribution in [1.82, 2.24) is 4.98 Å². The summed E-state index contributed by atoms with van der Waals surface area (Å²) in [6, 6.07) is 10.1. The number of halogens is 3. The van der Waals surface area contributed by atoms with Gasteiger partial charge in [0.25, 0.3) is 0 Å². The summed E-state index contributed by atoms with van der Waals surface area (Å²) in [5.74, 6) is 0. The number of urea groups is 1. The number of hydrogen-bond donors (Lipinski definition) is 3. The summed E-state index contributed by atoms with van der Waals surface area (Å²) in [4.78, 5) is 15.5. The van der Waals surface area contributed by atoms with E-state index in [-0.39, 0.29) is 5.69 Å². The molecule has 2 aromatic carbocycles. The van der Waals surface area contributed by atoms with Crippen molar-refractivity contribution in [3.05, 3.63) is 72.1 Å². The second kappa shape index (κ2) is 7.37. The zero-order valence-corrected chi connectivity index (χ0v) is 16.3. The third-order valence-corrected chi connectivity index (χ3v) is 4.92. The van der Waals surface area contributed by atoms with Gasteiger partial charge in [0.15, 0.2) is 12.2 Å². The van der Waals surface area contributed by atoms with Crippen LogP contribution in [0.3, 0.4) is 0 Å². The number of H-pyrrole nitrogens is 1. The normalized spacial score (nSPS) is 13.7. The molecule has 3 N–H and O–H groups in total. The molecule has 0 radical (unpaired) electrons. The van der Waals surface area contributed by atoms with Gasteiger partial charge in [-0.05, 0) is 56.3 Å². The molecule has 0 unspecified atom stereocenters. The standard InChI is InChI=1S/C22H19F3N4O/c1-13(2)29-10-9-20(29)14-3-8-18-17(11-14)19(12-26-18)28-21(30)27-16-6-4-15(5-7-16)22(23,24)25/h3-13H,1-2H3,(H2,27,28,30)/p+1. The average Bonchev–Trinajstić information content (AvgIpc) is 3.02. The summed E-state index contributed by atoms with van der Waals surface area (Å²) in [5, 5.41) is 6.14. The number of fused-ring (bicyclic) bond motifs is 1. The van der Waals surface area contributed by atoms with E-state index in [4.69, 9.17) is 0 Å². The quantitative estimate of drug-likeness (QED) is 0.481. The van der Waals surface area contributed by atoms with Gasteiger partial charge in [-0.25, -0.2) is 4.79 Å². The lowest BCUT2D eigenvalue weighted by molar-refractivity contribution is -0.500. The second-order valence-electron chi connectivity index (χ2n) is 7.32. The predicted octanol–water partition coefficient (Wildman–Crippen LogP) is 5.57. The number of rotatable bonds is 4. The van der Waals surface area contributed by atoms with Gasteiger partial charge in [0.1, 0.15) is 0 Å². The van der Waals surface area contributed by atoms with E-state index < -0.39 is 17.8 Å². The van der Waals surface area contributed by atoms with Gasteiger partial charge in [-0.15, -0.1) is 0 Å². The summed E-state index contributed by atoms with van der Waals surface area (Å²) in [7, 11) is 0. The second-order valence-corrected chi connectivity index (χ2v) is 7.32. The Bertz CT molecular complexity index is 1170. The van der Waals surface area contributed by atoms with Crippen LogP contribution in [0.5, 0.6) is 0 Å². The molecule has 0 saturated carbocycles. The molecule has 1 aromatic heterocycles. The fourth-order valence-electron chi connectivity index (χ4n) is 3.34. The van der Waals surface area contributed by atoms with Crippen molar-refractivity contribution >= 4 is 34.0 Å². The third-order valence-electron chi connectivity index (χ3n) is 4.92. The number of aromatic nitrogens is 1. The van der Waals surface area contributed by atoms with Gasteiger partial charge in [0.2, 0.25) is 5.71 Å². The lowest BCUT2D eigenvalue weighted by Crippen LogP contribution is -2.28. The van der Waals surface area contributed by atoms with Gasteiger partial charge < -0.3 is 15.6 Å². The van der Waals surface area contributed by atoms with Gasteiger partial charge >= 0.3 is 12.2 Å². The van der Waals surface area contributed by atoms with E-state index in [9.17, 15) is 18.0 Å². The molecule has 0 fully saturated rings. The van der Waals surface area contributed by atoms with Gasteiger partial charge in [-0.1, -0.05) is 0 Å². The molecule has 8 heteroatoms. The number of aromatic amines is 1. The molecule has 30 heavy (non-hydrogen) atoms. The van der Waals surface area contributed by atoms with Crippen LogP contribution < -0.4 is 10.6 Å². The Morgan fingerprint density at radius 1 is 1.07 bits per heavy atom. The Morgan fingerprint density at radius 2 is 1.80 bits per heavy atom. The Balaban J connectivity index is 1.52. The molecule has 154 valence electrons. The van der Waals surface area contributed by atoms with Crippen molar-refractivity contribution in [3.8, 4) is 0 Å². The van der Waals surface area contributed by atoms with Crippen LogP contribution in [0.25, 0.3) is 10.9 Å². The molecule has 5 nitrogen and oxygen atoms in total. The number of carbonyl (C=O) groups is 1. The predicted molar refractivity (Wildman–Crippen MR) is 111 cm³/mol. The first-order valence-electron chi connectivity index (χ1n) is 9.42. The summed E-state index contributed by atoms with van der Waals surface area (Å²) in [6.45, 7) is 4.22. The molecule has 0 saturated heterocycles. The molecule has 2 heterocycles. The highest BCUT2D eigenvalue weighted by Gasteiger charge is 2.30. The van der Waals surface area contributed by atoms with Gasteiger partial charge in [0, 0.05) is 28.4 Å². The smallest absolute Gasteiger partial charge is 0.359 e. The van der Waals surface area contributed by atoms with Gasteiger partial charge in [0.05, 0.1) is 17.3 Å². The summed E-state index contributed by atoms with van der Waals surface area (Å²) in [5.41, 5.74) is 3.08. The lowest BCUT2D eigenvalue weighted by Gasteiger charge is -2.13. The molecule has 1 aliphatic heterocycles. The van der Waals surface area contributed by atoms with E-state index in [0.717, 1.165) is 34.3 Å². The summed E-state index contributed by atoms with van der Waals surface area (Å²) < 4.78 is 40.1. The molecule has 0 bridgehead atoms. The van der Waals surface area contributed by atoms with E-state index in [2.05, 4.69) is 34.0 Å². The molecular weight excluding hydrogens is 393 g/mol. The minimum absolute atomic E-state index is 0.267. The first-order valence-corrected chi connectivity index (χ1v) is 9.42. The number of benzene rings is 2. The number of amides is 2. The number of allylic oxidation sites excluding steroid dienone is 1. The first kappa shape index (κ1) is 19.8. The topological polar surface area (TPSA) is 59.9 Å². The van der Waals surface area contributed by atoms with Crippen LogP contribution in [0.15, 0.2) is 60.9 Å². The highest BCUT2D eigenvalue weighted by Crippen LogP contribution is 2.30. The highest BCUT2D eigenvalue weighted by molar-refractivity contribution is 6.11. The van der Waals surface area contributed by atoms with Crippen LogP contribution in [0.2, 0.25) is 0 Å². The average molecular weight is 413 g/mol. The first-order chi connectivity index (χ1) is 14.2. The van der Waals surface area contributed by atoms with E-state index in [1.54, 1.807) is 6.20 Å². The van der Waals surface area contributed by atoms with Crippen LogP contribution in [0, 0.1) is 0 Å². The fraction of sp³-hybridized carbons (Fsp3) is 0.182. The monoisotopic (exact) mass is 413 g/mol. The van der Waals surface area contributed by atoms with Crippen LogP contribution in [-0.4, -0.2) is 27.3 Å². The summed E-state index contributed by atoms with van der Waals surface area (Å²) >= 11 is 0. The molecule has 4 rings (SSSR count). The number of alkyl halides is 3.